The van der Waals surface area contributed by atoms with E-state index >= 15 is 0 Å². The molecule has 0 atom stereocenters. The van der Waals surface area contributed by atoms with Crippen LogP contribution in [-0.2, 0) is 19.1 Å². The molecule has 2 rings (SSSR count). The fraction of sp³-hybridized carbons (Fsp3) is 0.231. The van der Waals surface area contributed by atoms with Gasteiger partial charge in [0.05, 0.1) is 10.7 Å². The van der Waals surface area contributed by atoms with Gasteiger partial charge >= 0.3 is 11.9 Å². The average Bonchev–Trinajstić information content (AvgIpc) is 2.28. The maximum atomic E-state index is 11.7. The Morgan fingerprint density at radius 3 is 2.40 bits per heavy atom. The summed E-state index contributed by atoms with van der Waals surface area (Å²) in [5, 5.41) is 12.1. The second kappa shape index (κ2) is 5.05. The molecule has 2 N–H and O–H groups in total. The van der Waals surface area contributed by atoms with Crippen molar-refractivity contribution in [1.82, 2.24) is 0 Å². The van der Waals surface area contributed by atoms with Crippen molar-refractivity contribution in [1.29, 1.82) is 0 Å². The largest absolute Gasteiger partial charge is 0.508 e. The van der Waals surface area contributed by atoms with Crippen molar-refractivity contribution >= 4 is 29.2 Å². The van der Waals surface area contributed by atoms with Crippen LogP contribution in [-0.4, -0.2) is 22.8 Å². The highest BCUT2D eigenvalue weighted by atomic mass is 35.5. The number of esters is 2. The van der Waals surface area contributed by atoms with Gasteiger partial charge in [0.1, 0.15) is 5.75 Å². The number of hydrogen-bond donors (Lipinski definition) is 2. The molecule has 1 aliphatic rings. The third-order valence-electron chi connectivity index (χ3n) is 2.44. The van der Waals surface area contributed by atoms with Crippen LogP contribution in [0, 0.1) is 0 Å². The summed E-state index contributed by atoms with van der Waals surface area (Å²) in [6.45, 7) is 2.92. The van der Waals surface area contributed by atoms with E-state index in [4.69, 9.17) is 21.1 Å². The summed E-state index contributed by atoms with van der Waals surface area (Å²) in [5.41, 5.74) is 0.149. The van der Waals surface area contributed by atoms with Crippen LogP contribution in [0.3, 0.4) is 0 Å². The van der Waals surface area contributed by atoms with E-state index in [0.717, 1.165) is 6.20 Å². The average molecular weight is 298 g/mol. The summed E-state index contributed by atoms with van der Waals surface area (Å²) >= 11 is 5.88. The highest BCUT2D eigenvalue weighted by molar-refractivity contribution is 6.33. The first-order valence-electron chi connectivity index (χ1n) is 5.70. The molecule has 0 amide bonds. The molecule has 0 aliphatic carbocycles. The predicted octanol–water partition coefficient (Wildman–Crippen LogP) is 2.18. The number of phenolic OH excluding ortho intramolecular Hbond substituents is 1. The first-order chi connectivity index (χ1) is 9.28. The Kier molecular flexibility index (Phi) is 3.59. The fourth-order valence-corrected chi connectivity index (χ4v) is 1.78. The van der Waals surface area contributed by atoms with Gasteiger partial charge < -0.3 is 19.9 Å². The van der Waals surface area contributed by atoms with Gasteiger partial charge in [-0.3, -0.25) is 0 Å². The zero-order valence-electron chi connectivity index (χ0n) is 10.8. The molecule has 0 aromatic heterocycles. The fourth-order valence-electron chi connectivity index (χ4n) is 1.55. The molecule has 1 aromatic carbocycles. The van der Waals surface area contributed by atoms with E-state index < -0.39 is 17.7 Å². The van der Waals surface area contributed by atoms with Gasteiger partial charge in [0.15, 0.2) is 5.57 Å². The van der Waals surface area contributed by atoms with Crippen LogP contribution in [0.5, 0.6) is 5.75 Å². The standard InChI is InChI=1S/C13H12ClNO5/c1-13(2)19-11(17)8(12(18)20-13)6-15-10-4-3-7(16)5-9(10)14/h3-6,15-16H,1-2H3. The molecule has 0 saturated carbocycles. The second-order valence-corrected chi connectivity index (χ2v) is 4.95. The topological polar surface area (TPSA) is 84.9 Å². The van der Waals surface area contributed by atoms with Crippen LogP contribution >= 0.6 is 11.6 Å². The molecule has 1 fully saturated rings. The van der Waals surface area contributed by atoms with Crippen LogP contribution in [0.15, 0.2) is 30.0 Å². The number of anilines is 1. The zero-order valence-corrected chi connectivity index (χ0v) is 11.5. The van der Waals surface area contributed by atoms with E-state index in [1.807, 2.05) is 0 Å². The van der Waals surface area contributed by atoms with Gasteiger partial charge in [0.25, 0.3) is 5.79 Å². The van der Waals surface area contributed by atoms with Gasteiger partial charge in [-0.15, -0.1) is 0 Å². The number of halogens is 1. The molecule has 0 spiro atoms. The lowest BCUT2D eigenvalue weighted by Gasteiger charge is -2.29. The molecule has 1 saturated heterocycles. The third kappa shape index (κ3) is 3.03. The van der Waals surface area contributed by atoms with Gasteiger partial charge in [-0.2, -0.15) is 0 Å². The van der Waals surface area contributed by atoms with E-state index in [9.17, 15) is 14.7 Å². The van der Waals surface area contributed by atoms with Crippen LogP contribution in [0.2, 0.25) is 5.02 Å². The van der Waals surface area contributed by atoms with Gasteiger partial charge in [-0.05, 0) is 12.1 Å². The number of phenols is 1. The first-order valence-corrected chi connectivity index (χ1v) is 6.08. The summed E-state index contributed by atoms with van der Waals surface area (Å²) < 4.78 is 9.86. The van der Waals surface area contributed by atoms with Crippen molar-refractivity contribution in [3.8, 4) is 5.75 Å². The Hall–Kier alpha value is -2.21. The van der Waals surface area contributed by atoms with Crippen LogP contribution in [0.25, 0.3) is 0 Å². The first kappa shape index (κ1) is 14.2. The molecule has 20 heavy (non-hydrogen) atoms. The minimum absolute atomic E-state index is 0.00596. The van der Waals surface area contributed by atoms with Crippen molar-refractivity contribution in [3.05, 3.63) is 35.0 Å². The highest BCUT2D eigenvalue weighted by Crippen LogP contribution is 2.27. The maximum absolute atomic E-state index is 11.7. The number of nitrogens with one attached hydrogen (secondary N) is 1. The predicted molar refractivity (Wildman–Crippen MR) is 71.1 cm³/mol. The Bertz CT molecular complexity index is 587. The van der Waals surface area contributed by atoms with Crippen LogP contribution < -0.4 is 5.32 Å². The molecule has 1 aliphatic heterocycles. The van der Waals surface area contributed by atoms with Gasteiger partial charge in [-0.25, -0.2) is 9.59 Å². The molecule has 1 aromatic rings. The number of carbonyl (C=O) groups excluding carboxylic acids is 2. The molecule has 1 heterocycles. The minimum Gasteiger partial charge on any atom is -0.508 e. The summed E-state index contributed by atoms with van der Waals surface area (Å²) in [5.74, 6) is -2.84. The van der Waals surface area contributed by atoms with Gasteiger partial charge in [0.2, 0.25) is 0 Å². The maximum Gasteiger partial charge on any atom is 0.350 e. The lowest BCUT2D eigenvalue weighted by molar-refractivity contribution is -0.222. The molecule has 0 bridgehead atoms. The highest BCUT2D eigenvalue weighted by Gasteiger charge is 2.38. The number of benzene rings is 1. The molecule has 0 radical (unpaired) electrons. The van der Waals surface area contributed by atoms with E-state index in [1.165, 1.54) is 32.0 Å². The normalized spacial score (nSPS) is 17.2. The number of aromatic hydroxyl groups is 1. The van der Waals surface area contributed by atoms with E-state index in [2.05, 4.69) is 5.32 Å². The van der Waals surface area contributed by atoms with Gasteiger partial charge in [0, 0.05) is 26.1 Å². The van der Waals surface area contributed by atoms with Crippen molar-refractivity contribution in [3.63, 3.8) is 0 Å². The number of carbonyl (C=O) groups is 2. The lowest BCUT2D eigenvalue weighted by atomic mass is 10.2. The minimum atomic E-state index is -1.28. The molecular weight excluding hydrogens is 286 g/mol. The number of hydrogen-bond acceptors (Lipinski definition) is 6. The summed E-state index contributed by atoms with van der Waals surface area (Å²) in [6, 6.07) is 4.23. The molecule has 106 valence electrons. The molecule has 6 nitrogen and oxygen atoms in total. The van der Waals surface area contributed by atoms with Crippen molar-refractivity contribution < 1.29 is 24.2 Å². The monoisotopic (exact) mass is 297 g/mol. The van der Waals surface area contributed by atoms with Crippen molar-refractivity contribution in [2.45, 2.75) is 19.6 Å². The number of rotatable bonds is 2. The van der Waals surface area contributed by atoms with Crippen LogP contribution in [0.4, 0.5) is 5.69 Å². The van der Waals surface area contributed by atoms with E-state index in [0.29, 0.717) is 5.69 Å². The van der Waals surface area contributed by atoms with Gasteiger partial charge in [-0.1, -0.05) is 11.6 Å². The van der Waals surface area contributed by atoms with Crippen molar-refractivity contribution in [2.75, 3.05) is 5.32 Å². The molecule has 0 unspecified atom stereocenters. The molecular formula is C13H12ClNO5. The van der Waals surface area contributed by atoms with E-state index in [1.54, 1.807) is 0 Å². The SMILES string of the molecule is CC1(C)OC(=O)C(=CNc2ccc(O)cc2Cl)C(=O)O1. The van der Waals surface area contributed by atoms with Crippen molar-refractivity contribution in [2.24, 2.45) is 0 Å². The third-order valence-corrected chi connectivity index (χ3v) is 2.75. The Morgan fingerprint density at radius 1 is 1.25 bits per heavy atom. The second-order valence-electron chi connectivity index (χ2n) is 4.55. The Balaban J connectivity index is 2.19. The Morgan fingerprint density at radius 2 is 1.85 bits per heavy atom. The summed E-state index contributed by atoms with van der Waals surface area (Å²) in [7, 11) is 0. The number of ether oxygens (including phenoxy) is 2. The molecule has 7 heteroatoms. The van der Waals surface area contributed by atoms with Crippen LogP contribution in [0.1, 0.15) is 13.8 Å². The number of cyclic esters (lactones) is 2. The summed E-state index contributed by atoms with van der Waals surface area (Å²) in [4.78, 5) is 23.4. The lowest BCUT2D eigenvalue weighted by Crippen LogP contribution is -2.42. The Labute approximate surface area is 119 Å². The summed E-state index contributed by atoms with van der Waals surface area (Å²) in [6.07, 6.45) is 1.15. The smallest absolute Gasteiger partial charge is 0.350 e. The quantitative estimate of drug-likeness (QED) is 0.377. The van der Waals surface area contributed by atoms with E-state index in [-0.39, 0.29) is 16.3 Å². The zero-order chi connectivity index (χ0) is 14.9.